The molecule has 0 spiro atoms. The molecule has 1 aromatic carbocycles. The van der Waals surface area contributed by atoms with E-state index in [-0.39, 0.29) is 31.9 Å². The van der Waals surface area contributed by atoms with Crippen LogP contribution in [0, 0.1) is 0 Å². The van der Waals surface area contributed by atoms with Crippen molar-refractivity contribution < 1.29 is 24.9 Å². The van der Waals surface area contributed by atoms with Crippen molar-refractivity contribution in [3.05, 3.63) is 65.8 Å². The van der Waals surface area contributed by atoms with Gasteiger partial charge in [0.25, 0.3) is 0 Å². The van der Waals surface area contributed by atoms with E-state index in [0.717, 1.165) is 0 Å². The van der Waals surface area contributed by atoms with Crippen LogP contribution in [-0.4, -0.2) is 69.2 Å². The van der Waals surface area contributed by atoms with Crippen molar-refractivity contribution >= 4 is 11.9 Å². The van der Waals surface area contributed by atoms with Gasteiger partial charge in [-0.25, -0.2) is 9.97 Å². The summed E-state index contributed by atoms with van der Waals surface area (Å²) >= 11 is 0. The van der Waals surface area contributed by atoms with Crippen molar-refractivity contribution in [2.75, 3.05) is 13.1 Å². The Morgan fingerprint density at radius 1 is 0.818 bits per heavy atom. The highest BCUT2D eigenvalue weighted by Crippen LogP contribution is 2.26. The first-order valence-corrected chi connectivity index (χ1v) is 10.3. The fourth-order valence-electron chi connectivity index (χ4n) is 3.60. The second-order valence-electron chi connectivity index (χ2n) is 7.91. The van der Waals surface area contributed by atoms with Crippen LogP contribution in [0.15, 0.2) is 43.0 Å². The number of aromatic hydroxyl groups is 1. The minimum atomic E-state index is -0.984. The molecule has 2 aromatic heterocycles. The molecule has 33 heavy (non-hydrogen) atoms. The van der Waals surface area contributed by atoms with Gasteiger partial charge in [0.2, 0.25) is 0 Å². The molecule has 0 saturated heterocycles. The molecule has 11 heteroatoms. The Kier molecular flexibility index (Phi) is 7.80. The maximum absolute atomic E-state index is 11.4. The number of aryl methyl sites for hydroxylation is 2. The summed E-state index contributed by atoms with van der Waals surface area (Å²) in [6.07, 6.45) is 6.85. The molecular weight excluding hydrogens is 428 g/mol. The third-order valence-electron chi connectivity index (χ3n) is 5.28. The van der Waals surface area contributed by atoms with Gasteiger partial charge >= 0.3 is 11.9 Å². The molecule has 0 amide bonds. The van der Waals surface area contributed by atoms with Gasteiger partial charge in [-0.05, 0) is 0 Å². The molecule has 0 bridgehead atoms. The first-order valence-electron chi connectivity index (χ1n) is 10.3. The van der Waals surface area contributed by atoms with Crippen LogP contribution in [0.3, 0.4) is 0 Å². The number of carbonyl (C=O) groups is 2. The van der Waals surface area contributed by atoms with Gasteiger partial charge in [0.05, 0.1) is 26.2 Å². The van der Waals surface area contributed by atoms with Crippen molar-refractivity contribution in [3.63, 3.8) is 0 Å². The lowest BCUT2D eigenvalue weighted by molar-refractivity contribution is -0.139. The SMILES string of the molecule is Cn1ccnc1CN(CC(=O)O)Cc1cccc(CN(CC(=O)O)Cc2nccn2C)c1O. The monoisotopic (exact) mass is 456 g/mol. The molecule has 0 unspecified atom stereocenters. The van der Waals surface area contributed by atoms with Crippen molar-refractivity contribution in [1.82, 2.24) is 28.9 Å². The van der Waals surface area contributed by atoms with Crippen LogP contribution in [0.25, 0.3) is 0 Å². The number of rotatable bonds is 12. The van der Waals surface area contributed by atoms with Gasteiger partial charge in [-0.2, -0.15) is 0 Å². The molecule has 2 heterocycles. The van der Waals surface area contributed by atoms with Gasteiger partial charge in [0.15, 0.2) is 0 Å². The molecule has 3 rings (SSSR count). The normalized spacial score (nSPS) is 11.4. The Hall–Kier alpha value is -3.70. The highest BCUT2D eigenvalue weighted by atomic mass is 16.4. The van der Waals surface area contributed by atoms with E-state index in [1.165, 1.54) is 0 Å². The number of imidazole rings is 2. The molecular formula is C22H28N6O5. The molecule has 176 valence electrons. The van der Waals surface area contributed by atoms with Crippen molar-refractivity contribution in [1.29, 1.82) is 0 Å². The average molecular weight is 457 g/mol. The van der Waals surface area contributed by atoms with Crippen LogP contribution in [-0.2, 0) is 49.9 Å². The lowest BCUT2D eigenvalue weighted by atomic mass is 10.1. The number of carboxylic acids is 2. The van der Waals surface area contributed by atoms with Crippen LogP contribution in [0.2, 0.25) is 0 Å². The van der Waals surface area contributed by atoms with Gasteiger partial charge in [0, 0.05) is 63.1 Å². The standard InChI is InChI=1S/C22H28N6O5/c1-25-8-6-23-18(25)12-27(14-20(29)30)10-16-4-3-5-17(22(16)33)11-28(15-21(31)32)13-19-24-7-9-26(19)2/h3-9,33H,10-15H2,1-2H3,(H,29,30)(H,31,32). The Balaban J connectivity index is 1.79. The molecule has 0 aliphatic heterocycles. The highest BCUT2D eigenvalue weighted by Gasteiger charge is 2.19. The third kappa shape index (κ3) is 6.64. The highest BCUT2D eigenvalue weighted by molar-refractivity contribution is 5.69. The fourth-order valence-corrected chi connectivity index (χ4v) is 3.60. The number of phenols is 1. The average Bonchev–Trinajstić information content (AvgIpc) is 3.32. The van der Waals surface area contributed by atoms with Crippen LogP contribution >= 0.6 is 0 Å². The topological polar surface area (TPSA) is 137 Å². The molecule has 0 aliphatic carbocycles. The zero-order chi connectivity index (χ0) is 24.0. The quantitative estimate of drug-likeness (QED) is 0.365. The van der Waals surface area contributed by atoms with E-state index >= 15 is 0 Å². The summed E-state index contributed by atoms with van der Waals surface area (Å²) in [4.78, 5) is 34.6. The second kappa shape index (κ2) is 10.7. The molecule has 11 nitrogen and oxygen atoms in total. The predicted octanol–water partition coefficient (Wildman–Crippen LogP) is 1.03. The summed E-state index contributed by atoms with van der Waals surface area (Å²) < 4.78 is 3.62. The van der Waals surface area contributed by atoms with Crippen LogP contribution in [0.4, 0.5) is 0 Å². The Bertz CT molecular complexity index is 1030. The Labute approximate surface area is 191 Å². The smallest absolute Gasteiger partial charge is 0.317 e. The molecule has 0 radical (unpaired) electrons. The van der Waals surface area contributed by atoms with Crippen molar-refractivity contribution in [3.8, 4) is 5.75 Å². The maximum Gasteiger partial charge on any atom is 0.317 e. The summed E-state index contributed by atoms with van der Waals surface area (Å²) in [5, 5.41) is 29.6. The van der Waals surface area contributed by atoms with E-state index in [0.29, 0.717) is 35.9 Å². The lowest BCUT2D eigenvalue weighted by Gasteiger charge is -2.23. The number of phenolic OH excluding ortho intramolecular Hbond substituents is 1. The zero-order valence-corrected chi connectivity index (χ0v) is 18.6. The molecule has 0 saturated carbocycles. The Morgan fingerprint density at radius 3 is 1.58 bits per heavy atom. The second-order valence-corrected chi connectivity index (χ2v) is 7.91. The Morgan fingerprint density at radius 2 is 1.24 bits per heavy atom. The van der Waals surface area contributed by atoms with E-state index in [1.54, 1.807) is 52.8 Å². The van der Waals surface area contributed by atoms with Crippen molar-refractivity contribution in [2.24, 2.45) is 14.1 Å². The number of para-hydroxylation sites is 1. The number of carboxylic acid groups (broad SMARTS) is 2. The van der Waals surface area contributed by atoms with Crippen molar-refractivity contribution in [2.45, 2.75) is 26.2 Å². The lowest BCUT2D eigenvalue weighted by Crippen LogP contribution is -2.31. The van der Waals surface area contributed by atoms with E-state index in [9.17, 15) is 24.9 Å². The first kappa shape index (κ1) is 24.0. The maximum atomic E-state index is 11.4. The predicted molar refractivity (Wildman–Crippen MR) is 118 cm³/mol. The van der Waals surface area contributed by atoms with E-state index < -0.39 is 11.9 Å². The number of benzene rings is 1. The van der Waals surface area contributed by atoms with Gasteiger partial charge in [0.1, 0.15) is 17.4 Å². The number of aromatic nitrogens is 4. The minimum absolute atomic E-state index is 0.0166. The van der Waals surface area contributed by atoms with E-state index in [4.69, 9.17) is 0 Å². The van der Waals surface area contributed by atoms with Crippen LogP contribution < -0.4 is 0 Å². The third-order valence-corrected chi connectivity index (χ3v) is 5.28. The molecule has 0 atom stereocenters. The number of hydrogen-bond acceptors (Lipinski definition) is 7. The van der Waals surface area contributed by atoms with Gasteiger partial charge < -0.3 is 24.5 Å². The van der Waals surface area contributed by atoms with Gasteiger partial charge in [-0.15, -0.1) is 0 Å². The molecule has 3 aromatic rings. The molecule has 0 aliphatic rings. The number of aliphatic carboxylic acids is 2. The molecule has 0 fully saturated rings. The van der Waals surface area contributed by atoms with Gasteiger partial charge in [-0.1, -0.05) is 18.2 Å². The zero-order valence-electron chi connectivity index (χ0n) is 18.6. The fraction of sp³-hybridized carbons (Fsp3) is 0.364. The van der Waals surface area contributed by atoms with Crippen LogP contribution in [0.1, 0.15) is 22.8 Å². The minimum Gasteiger partial charge on any atom is -0.507 e. The summed E-state index contributed by atoms with van der Waals surface area (Å²) in [6.45, 7) is 0.531. The summed E-state index contributed by atoms with van der Waals surface area (Å²) in [5.41, 5.74) is 1.10. The van der Waals surface area contributed by atoms with Crippen LogP contribution in [0.5, 0.6) is 5.75 Å². The molecule has 3 N–H and O–H groups in total. The number of hydrogen-bond donors (Lipinski definition) is 3. The summed E-state index contributed by atoms with van der Waals surface area (Å²) in [7, 11) is 3.66. The van der Waals surface area contributed by atoms with E-state index in [2.05, 4.69) is 9.97 Å². The van der Waals surface area contributed by atoms with E-state index in [1.807, 2.05) is 23.2 Å². The van der Waals surface area contributed by atoms with Gasteiger partial charge in [-0.3, -0.25) is 19.4 Å². The largest absolute Gasteiger partial charge is 0.507 e. The summed E-state index contributed by atoms with van der Waals surface area (Å²) in [6, 6.07) is 5.22. The summed E-state index contributed by atoms with van der Waals surface area (Å²) in [5.74, 6) is -0.544. The first-order chi connectivity index (χ1) is 15.7. The number of nitrogens with zero attached hydrogens (tertiary/aromatic N) is 6.